The zero-order chi connectivity index (χ0) is 31.0. The number of pyridine rings is 1. The van der Waals surface area contributed by atoms with E-state index in [0.29, 0.717) is 16.8 Å². The fourth-order valence-corrected chi connectivity index (χ4v) is 5.91. The van der Waals surface area contributed by atoms with Crippen molar-refractivity contribution >= 4 is 52.6 Å². The number of carbonyl (C=O) groups is 3. The third-order valence-electron chi connectivity index (χ3n) is 7.38. The molecule has 8 heteroatoms. The molecule has 6 rings (SSSR count). The summed E-state index contributed by atoms with van der Waals surface area (Å²) in [4.78, 5) is 46.7. The first kappa shape index (κ1) is 29.6. The molecular weight excluding hydrogens is 580 g/mol. The van der Waals surface area contributed by atoms with Crippen molar-refractivity contribution < 1.29 is 14.4 Å². The SMILES string of the molecule is O=C(Nc1ccc(SCC(=O)N2c3ccccc3CCc3ccccc32)cc1)/C(=C/c1cccnc1)NC(=O)c1ccccc1. The molecule has 1 aliphatic heterocycles. The number of aromatic nitrogens is 1. The van der Waals surface area contributed by atoms with Crippen molar-refractivity contribution in [1.29, 1.82) is 0 Å². The van der Waals surface area contributed by atoms with Crippen LogP contribution in [0, 0.1) is 0 Å². The molecule has 4 aromatic carbocycles. The second kappa shape index (κ2) is 13.9. The lowest BCUT2D eigenvalue weighted by atomic mass is 10.0. The Morgan fingerprint density at radius 2 is 1.40 bits per heavy atom. The van der Waals surface area contributed by atoms with Crippen LogP contribution in [-0.2, 0) is 22.4 Å². The van der Waals surface area contributed by atoms with E-state index in [-0.39, 0.29) is 17.4 Å². The van der Waals surface area contributed by atoms with Gasteiger partial charge in [-0.2, -0.15) is 0 Å². The summed E-state index contributed by atoms with van der Waals surface area (Å²) in [5.74, 6) is -0.625. The Bertz CT molecular complexity index is 1810. The van der Waals surface area contributed by atoms with E-state index in [1.54, 1.807) is 67.0 Å². The summed E-state index contributed by atoms with van der Waals surface area (Å²) in [5.41, 5.74) is 5.91. The van der Waals surface area contributed by atoms with Gasteiger partial charge in [0, 0.05) is 28.5 Å². The molecule has 7 nitrogen and oxygen atoms in total. The zero-order valence-corrected chi connectivity index (χ0v) is 25.2. The zero-order valence-electron chi connectivity index (χ0n) is 24.4. The minimum absolute atomic E-state index is 0.00137. The molecule has 45 heavy (non-hydrogen) atoms. The highest BCUT2D eigenvalue weighted by atomic mass is 32.2. The normalized spacial score (nSPS) is 12.4. The number of thioether (sulfide) groups is 1. The molecular formula is C37H30N4O3S. The van der Waals surface area contributed by atoms with E-state index in [9.17, 15) is 14.4 Å². The van der Waals surface area contributed by atoms with Crippen LogP contribution in [0.5, 0.6) is 0 Å². The van der Waals surface area contributed by atoms with Crippen LogP contribution in [0.4, 0.5) is 17.1 Å². The van der Waals surface area contributed by atoms with E-state index >= 15 is 0 Å². The molecule has 0 atom stereocenters. The summed E-state index contributed by atoms with van der Waals surface area (Å²) in [6.07, 6.45) is 6.59. The number of nitrogens with one attached hydrogen (secondary N) is 2. The van der Waals surface area contributed by atoms with Crippen molar-refractivity contribution in [3.8, 4) is 0 Å². The molecule has 1 aromatic heterocycles. The molecule has 0 unspecified atom stereocenters. The van der Waals surface area contributed by atoms with Crippen molar-refractivity contribution in [1.82, 2.24) is 10.3 Å². The molecule has 3 amide bonds. The molecule has 0 bridgehead atoms. The van der Waals surface area contributed by atoms with Crippen LogP contribution in [-0.4, -0.2) is 28.5 Å². The van der Waals surface area contributed by atoms with Crippen LogP contribution >= 0.6 is 11.8 Å². The Labute approximate surface area is 266 Å². The van der Waals surface area contributed by atoms with Crippen LogP contribution in [0.3, 0.4) is 0 Å². The van der Waals surface area contributed by atoms with Gasteiger partial charge in [-0.15, -0.1) is 11.8 Å². The smallest absolute Gasteiger partial charge is 0.272 e. The number of benzene rings is 4. The highest BCUT2D eigenvalue weighted by molar-refractivity contribution is 8.00. The van der Waals surface area contributed by atoms with Crippen molar-refractivity contribution in [2.24, 2.45) is 0 Å². The van der Waals surface area contributed by atoms with Crippen LogP contribution in [0.15, 0.2) is 138 Å². The van der Waals surface area contributed by atoms with Crippen molar-refractivity contribution in [3.63, 3.8) is 0 Å². The first-order chi connectivity index (χ1) is 22.0. The highest BCUT2D eigenvalue weighted by Crippen LogP contribution is 2.36. The predicted octanol–water partition coefficient (Wildman–Crippen LogP) is 7.05. The van der Waals surface area contributed by atoms with Crippen LogP contribution in [0.1, 0.15) is 27.0 Å². The van der Waals surface area contributed by atoms with E-state index in [0.717, 1.165) is 40.2 Å². The lowest BCUT2D eigenvalue weighted by Crippen LogP contribution is -2.30. The lowest BCUT2D eigenvalue weighted by molar-refractivity contribution is -0.115. The number of fused-ring (bicyclic) bond motifs is 2. The summed E-state index contributed by atoms with van der Waals surface area (Å²) in [5, 5.41) is 5.60. The monoisotopic (exact) mass is 610 g/mol. The number of aryl methyl sites for hydroxylation is 2. The second-order valence-electron chi connectivity index (χ2n) is 10.4. The Morgan fingerprint density at radius 3 is 2.04 bits per heavy atom. The fourth-order valence-electron chi connectivity index (χ4n) is 5.16. The van der Waals surface area contributed by atoms with Crippen LogP contribution in [0.25, 0.3) is 6.08 Å². The first-order valence-electron chi connectivity index (χ1n) is 14.6. The maximum absolute atomic E-state index is 13.7. The standard InChI is InChI=1S/C37H30N4O3S/c42-35(41-33-14-6-4-10-27(33)16-17-28-11-5-7-15-34(28)41)25-45-31-20-18-30(19-21-31)39-37(44)32(23-26-9-8-22-38-24-26)40-36(43)29-12-2-1-3-13-29/h1-15,18-24H,16-17,25H2,(H,39,44)(H,40,43)/b32-23-. The lowest BCUT2D eigenvalue weighted by Gasteiger charge is -2.25. The van der Waals surface area contributed by atoms with Gasteiger partial charge in [0.1, 0.15) is 5.70 Å². The van der Waals surface area contributed by atoms with E-state index in [1.807, 2.05) is 59.5 Å². The van der Waals surface area contributed by atoms with Gasteiger partial charge < -0.3 is 10.6 Å². The van der Waals surface area contributed by atoms with E-state index in [2.05, 4.69) is 27.8 Å². The number of rotatable bonds is 8. The average Bonchev–Trinajstić information content (AvgIpc) is 3.25. The van der Waals surface area contributed by atoms with Gasteiger partial charge in [0.25, 0.3) is 11.8 Å². The largest absolute Gasteiger partial charge is 0.321 e. The molecule has 1 aliphatic rings. The molecule has 2 heterocycles. The van der Waals surface area contributed by atoms with Gasteiger partial charge in [-0.25, -0.2) is 0 Å². The summed E-state index contributed by atoms with van der Waals surface area (Å²) in [6.45, 7) is 0. The minimum Gasteiger partial charge on any atom is -0.321 e. The molecule has 5 aromatic rings. The predicted molar refractivity (Wildman–Crippen MR) is 179 cm³/mol. The van der Waals surface area contributed by atoms with Gasteiger partial charge in [-0.1, -0.05) is 60.7 Å². The number of amides is 3. The molecule has 0 fully saturated rings. The minimum atomic E-state index is -0.475. The van der Waals surface area contributed by atoms with Gasteiger partial charge in [-0.3, -0.25) is 24.3 Å². The number of anilines is 3. The molecule has 0 saturated carbocycles. The molecule has 0 saturated heterocycles. The summed E-state index contributed by atoms with van der Waals surface area (Å²) in [6, 6.07) is 35.7. The summed E-state index contributed by atoms with van der Waals surface area (Å²) >= 11 is 1.44. The fraction of sp³-hybridized carbons (Fsp3) is 0.0811. The molecule has 0 spiro atoms. The number of carbonyl (C=O) groups excluding carboxylic acids is 3. The number of hydrogen-bond donors (Lipinski definition) is 2. The number of para-hydroxylation sites is 2. The van der Waals surface area contributed by atoms with Crippen LogP contribution in [0.2, 0.25) is 0 Å². The molecule has 0 aliphatic carbocycles. The molecule has 2 N–H and O–H groups in total. The Morgan fingerprint density at radius 1 is 0.756 bits per heavy atom. The van der Waals surface area contributed by atoms with Gasteiger partial charge in [0.05, 0.1) is 17.1 Å². The van der Waals surface area contributed by atoms with E-state index in [1.165, 1.54) is 11.8 Å². The average molecular weight is 611 g/mol. The topological polar surface area (TPSA) is 91.4 Å². The molecule has 222 valence electrons. The molecule has 0 radical (unpaired) electrons. The van der Waals surface area contributed by atoms with E-state index in [4.69, 9.17) is 0 Å². The summed E-state index contributed by atoms with van der Waals surface area (Å²) < 4.78 is 0. The number of nitrogens with zero attached hydrogens (tertiary/aromatic N) is 2. The van der Waals surface area contributed by atoms with Gasteiger partial charge in [-0.05, 0) is 90.2 Å². The van der Waals surface area contributed by atoms with Gasteiger partial charge in [0.15, 0.2) is 0 Å². The maximum Gasteiger partial charge on any atom is 0.272 e. The number of hydrogen-bond acceptors (Lipinski definition) is 5. The van der Waals surface area contributed by atoms with Crippen molar-refractivity contribution in [2.75, 3.05) is 16.0 Å². The Kier molecular flexibility index (Phi) is 9.13. The summed E-state index contributed by atoms with van der Waals surface area (Å²) in [7, 11) is 0. The third-order valence-corrected chi connectivity index (χ3v) is 8.37. The Balaban J connectivity index is 1.14. The van der Waals surface area contributed by atoms with E-state index < -0.39 is 11.8 Å². The highest BCUT2D eigenvalue weighted by Gasteiger charge is 2.25. The Hall–Kier alpha value is -5.47. The maximum atomic E-state index is 13.7. The first-order valence-corrected chi connectivity index (χ1v) is 15.5. The third kappa shape index (κ3) is 7.20. The quantitative estimate of drug-likeness (QED) is 0.145. The van der Waals surface area contributed by atoms with Gasteiger partial charge >= 0.3 is 0 Å². The van der Waals surface area contributed by atoms with Crippen molar-refractivity contribution in [3.05, 3.63) is 156 Å². The van der Waals surface area contributed by atoms with Crippen molar-refractivity contribution in [2.45, 2.75) is 17.7 Å². The second-order valence-corrected chi connectivity index (χ2v) is 11.5. The van der Waals surface area contributed by atoms with Crippen LogP contribution < -0.4 is 15.5 Å². The van der Waals surface area contributed by atoms with Gasteiger partial charge in [0.2, 0.25) is 5.91 Å².